The first-order chi connectivity index (χ1) is 15.6. The van der Waals surface area contributed by atoms with E-state index in [1.807, 2.05) is 0 Å². The van der Waals surface area contributed by atoms with E-state index in [-0.39, 0.29) is 23.2 Å². The van der Waals surface area contributed by atoms with Crippen molar-refractivity contribution in [3.05, 3.63) is 71.4 Å². The van der Waals surface area contributed by atoms with Crippen LogP contribution in [0.25, 0.3) is 10.9 Å². The topological polar surface area (TPSA) is 45.2 Å². The Morgan fingerprint density at radius 3 is 2.42 bits per heavy atom. The monoisotopic (exact) mass is 481 g/mol. The smallest absolute Gasteiger partial charge is 0.349 e. The molecule has 4 nitrogen and oxygen atoms in total. The van der Waals surface area contributed by atoms with Gasteiger partial charge in [0.15, 0.2) is 0 Å². The first kappa shape index (κ1) is 23.3. The van der Waals surface area contributed by atoms with E-state index in [4.69, 9.17) is 0 Å². The molecule has 1 aliphatic carbocycles. The van der Waals surface area contributed by atoms with Crippen LogP contribution in [0.5, 0.6) is 0 Å². The molecule has 33 heavy (non-hydrogen) atoms. The standard InChI is InChI=1S/C23H20F5N3OS/c24-13-5-10-18(25)17(11-13)22(32)29-14-6-8-15(9-7-14)31(33)20-12-21(23(26,27)28)30-19-4-2-1-3-16(19)20/h1-5,10-12,14-15,33H,6-9H2,(H,29,32). The first-order valence-corrected chi connectivity index (χ1v) is 10.7. The molecule has 0 bridgehead atoms. The number of nitrogens with one attached hydrogen (secondary N) is 1. The molecule has 10 heteroatoms. The van der Waals surface area contributed by atoms with Crippen molar-refractivity contribution >= 4 is 35.3 Å². The molecule has 0 atom stereocenters. The largest absolute Gasteiger partial charge is 0.433 e. The van der Waals surface area contributed by atoms with Gasteiger partial charge in [0.05, 0.1) is 16.8 Å². The van der Waals surface area contributed by atoms with E-state index in [1.165, 1.54) is 10.4 Å². The van der Waals surface area contributed by atoms with Gasteiger partial charge in [-0.1, -0.05) is 31.0 Å². The molecule has 0 radical (unpaired) electrons. The van der Waals surface area contributed by atoms with Crippen LogP contribution in [-0.4, -0.2) is 23.0 Å². The predicted molar refractivity (Wildman–Crippen MR) is 118 cm³/mol. The number of fused-ring (bicyclic) bond motifs is 1. The Labute approximate surface area is 192 Å². The first-order valence-electron chi connectivity index (χ1n) is 10.3. The van der Waals surface area contributed by atoms with Crippen molar-refractivity contribution in [2.45, 2.75) is 43.9 Å². The Bertz CT molecular complexity index is 1180. The van der Waals surface area contributed by atoms with Crippen molar-refractivity contribution in [1.82, 2.24) is 10.3 Å². The molecule has 0 aliphatic heterocycles. The number of halogens is 5. The minimum Gasteiger partial charge on any atom is -0.349 e. The zero-order valence-corrected chi connectivity index (χ0v) is 18.1. The van der Waals surface area contributed by atoms with Gasteiger partial charge in [0, 0.05) is 17.5 Å². The van der Waals surface area contributed by atoms with E-state index >= 15 is 0 Å². The predicted octanol–water partition coefficient (Wildman–Crippen LogP) is 5.92. The minimum atomic E-state index is -4.60. The van der Waals surface area contributed by atoms with Crippen molar-refractivity contribution in [3.63, 3.8) is 0 Å². The zero-order valence-electron chi connectivity index (χ0n) is 17.2. The molecule has 3 aromatic rings. The summed E-state index contributed by atoms with van der Waals surface area (Å²) in [5, 5.41) is 3.27. The maximum atomic E-state index is 13.8. The third kappa shape index (κ3) is 5.05. The van der Waals surface area contributed by atoms with Gasteiger partial charge in [-0.25, -0.2) is 13.8 Å². The van der Waals surface area contributed by atoms with Gasteiger partial charge in [-0.2, -0.15) is 13.2 Å². The molecule has 1 fully saturated rings. The van der Waals surface area contributed by atoms with Gasteiger partial charge < -0.3 is 9.62 Å². The lowest BCUT2D eigenvalue weighted by Gasteiger charge is -2.35. The van der Waals surface area contributed by atoms with E-state index < -0.39 is 29.4 Å². The summed E-state index contributed by atoms with van der Waals surface area (Å²) in [6.07, 6.45) is -2.49. The number of benzene rings is 2. The summed E-state index contributed by atoms with van der Waals surface area (Å²) in [5.74, 6) is -2.22. The summed E-state index contributed by atoms with van der Waals surface area (Å²) >= 11 is 4.52. The summed E-state index contributed by atoms with van der Waals surface area (Å²) in [6.45, 7) is 0. The zero-order chi connectivity index (χ0) is 23.8. The fraction of sp³-hybridized carbons (Fsp3) is 0.304. The summed E-state index contributed by atoms with van der Waals surface area (Å²) < 4.78 is 68.9. The average Bonchev–Trinajstić information content (AvgIpc) is 2.79. The van der Waals surface area contributed by atoms with Crippen LogP contribution in [0.2, 0.25) is 0 Å². The molecule has 1 heterocycles. The number of hydrogen-bond acceptors (Lipinski definition) is 4. The molecular weight excluding hydrogens is 461 g/mol. The lowest BCUT2D eigenvalue weighted by atomic mass is 9.90. The normalized spacial score (nSPS) is 18.8. The quantitative estimate of drug-likeness (QED) is 0.359. The molecule has 1 N–H and O–H groups in total. The third-order valence-electron chi connectivity index (χ3n) is 5.78. The lowest BCUT2D eigenvalue weighted by molar-refractivity contribution is -0.140. The van der Waals surface area contributed by atoms with Gasteiger partial charge in [0.1, 0.15) is 17.3 Å². The maximum Gasteiger partial charge on any atom is 0.433 e. The summed E-state index contributed by atoms with van der Waals surface area (Å²) in [6, 6.07) is 9.79. The fourth-order valence-electron chi connectivity index (χ4n) is 4.09. The SMILES string of the molecule is O=C(NC1CCC(N(S)c2cc(C(F)(F)F)nc3ccccc23)CC1)c1cc(F)ccc1F. The van der Waals surface area contributed by atoms with Crippen LogP contribution in [0.1, 0.15) is 41.7 Å². The van der Waals surface area contributed by atoms with Crippen molar-refractivity contribution < 1.29 is 26.7 Å². The highest BCUT2D eigenvalue weighted by Crippen LogP contribution is 2.38. The van der Waals surface area contributed by atoms with Crippen LogP contribution in [0.4, 0.5) is 27.6 Å². The van der Waals surface area contributed by atoms with E-state index in [2.05, 4.69) is 23.1 Å². The van der Waals surface area contributed by atoms with Crippen LogP contribution >= 0.6 is 12.8 Å². The number of hydrogen-bond donors (Lipinski definition) is 2. The number of anilines is 1. The number of amides is 1. The summed E-state index contributed by atoms with van der Waals surface area (Å²) in [5.41, 5.74) is -0.825. The molecule has 0 spiro atoms. The fourth-order valence-corrected chi connectivity index (χ4v) is 4.48. The number of alkyl halides is 3. The van der Waals surface area contributed by atoms with Gasteiger partial charge in [-0.05, 0) is 56.0 Å². The van der Waals surface area contributed by atoms with Crippen molar-refractivity contribution in [1.29, 1.82) is 0 Å². The summed E-state index contributed by atoms with van der Waals surface area (Å²) in [4.78, 5) is 16.1. The molecule has 4 rings (SSSR count). The van der Waals surface area contributed by atoms with Gasteiger partial charge in [0.2, 0.25) is 0 Å². The molecule has 0 saturated heterocycles. The maximum absolute atomic E-state index is 13.8. The number of carbonyl (C=O) groups is 1. The molecule has 1 saturated carbocycles. The Balaban J connectivity index is 1.48. The Hall–Kier alpha value is -2.88. The summed E-state index contributed by atoms with van der Waals surface area (Å²) in [7, 11) is 0. The minimum absolute atomic E-state index is 0.181. The van der Waals surface area contributed by atoms with Crippen LogP contribution in [-0.2, 0) is 6.18 Å². The number of rotatable bonds is 4. The molecular formula is C23H20F5N3OS. The van der Waals surface area contributed by atoms with Crippen molar-refractivity contribution in [2.75, 3.05) is 4.31 Å². The van der Waals surface area contributed by atoms with Crippen LogP contribution < -0.4 is 9.62 Å². The second-order valence-corrected chi connectivity index (χ2v) is 8.42. The molecule has 0 unspecified atom stereocenters. The van der Waals surface area contributed by atoms with E-state index in [0.717, 1.165) is 24.3 Å². The van der Waals surface area contributed by atoms with Gasteiger partial charge >= 0.3 is 6.18 Å². The molecule has 1 aliphatic rings. The second kappa shape index (κ2) is 9.17. The highest BCUT2D eigenvalue weighted by atomic mass is 32.1. The lowest BCUT2D eigenvalue weighted by Crippen LogP contribution is -2.42. The molecule has 1 amide bonds. The Kier molecular flexibility index (Phi) is 6.47. The average molecular weight is 481 g/mol. The highest BCUT2D eigenvalue weighted by molar-refractivity contribution is 7.81. The van der Waals surface area contributed by atoms with E-state index in [9.17, 15) is 26.7 Å². The van der Waals surface area contributed by atoms with E-state index in [1.54, 1.807) is 18.2 Å². The van der Waals surface area contributed by atoms with Crippen LogP contribution in [0.3, 0.4) is 0 Å². The van der Waals surface area contributed by atoms with Crippen LogP contribution in [0.15, 0.2) is 48.5 Å². The molecule has 2 aromatic carbocycles. The van der Waals surface area contributed by atoms with Crippen LogP contribution in [0, 0.1) is 11.6 Å². The van der Waals surface area contributed by atoms with Crippen molar-refractivity contribution in [2.24, 2.45) is 0 Å². The van der Waals surface area contributed by atoms with Crippen molar-refractivity contribution in [3.8, 4) is 0 Å². The Morgan fingerprint density at radius 1 is 1.03 bits per heavy atom. The van der Waals surface area contributed by atoms with Gasteiger partial charge in [0.25, 0.3) is 5.91 Å². The van der Waals surface area contributed by atoms with E-state index in [0.29, 0.717) is 36.8 Å². The number of para-hydroxylation sites is 1. The third-order valence-corrected chi connectivity index (χ3v) is 6.32. The highest BCUT2D eigenvalue weighted by Gasteiger charge is 2.35. The molecule has 1 aromatic heterocycles. The number of pyridine rings is 1. The number of carbonyl (C=O) groups excluding carboxylic acids is 1. The van der Waals surface area contributed by atoms with Gasteiger partial charge in [-0.15, -0.1) is 0 Å². The Morgan fingerprint density at radius 2 is 1.73 bits per heavy atom. The molecule has 174 valence electrons. The van der Waals surface area contributed by atoms with Gasteiger partial charge in [-0.3, -0.25) is 4.79 Å². The number of aromatic nitrogens is 1. The number of nitrogens with zero attached hydrogens (tertiary/aromatic N) is 2. The number of thiol groups is 1. The second-order valence-electron chi connectivity index (χ2n) is 7.99.